The van der Waals surface area contributed by atoms with Gasteiger partial charge in [-0.3, -0.25) is 9.59 Å². The summed E-state index contributed by atoms with van der Waals surface area (Å²) in [5, 5.41) is 8.62. The molecule has 1 saturated heterocycles. The van der Waals surface area contributed by atoms with Gasteiger partial charge in [0, 0.05) is 42.7 Å². The van der Waals surface area contributed by atoms with E-state index in [0.29, 0.717) is 30.9 Å². The van der Waals surface area contributed by atoms with Gasteiger partial charge in [-0.2, -0.15) is 0 Å². The quantitative estimate of drug-likeness (QED) is 0.561. The molecule has 1 saturated carbocycles. The molecular weight excluding hydrogens is 456 g/mol. The van der Waals surface area contributed by atoms with Crippen LogP contribution in [0.2, 0.25) is 0 Å². The van der Waals surface area contributed by atoms with E-state index in [4.69, 9.17) is 4.74 Å². The number of urea groups is 1. The molecule has 2 heterocycles. The highest BCUT2D eigenvalue weighted by Gasteiger charge is 2.39. The highest BCUT2D eigenvalue weighted by atomic mass is 16.5. The van der Waals surface area contributed by atoms with Crippen LogP contribution in [0.3, 0.4) is 0 Å². The van der Waals surface area contributed by atoms with Gasteiger partial charge in [-0.25, -0.2) is 4.79 Å². The van der Waals surface area contributed by atoms with Gasteiger partial charge in [0.2, 0.25) is 11.8 Å². The lowest BCUT2D eigenvalue weighted by Crippen LogP contribution is -2.43. The van der Waals surface area contributed by atoms with Crippen LogP contribution in [-0.2, 0) is 20.7 Å². The number of rotatable bonds is 6. The number of anilines is 3. The van der Waals surface area contributed by atoms with E-state index in [0.717, 1.165) is 50.8 Å². The summed E-state index contributed by atoms with van der Waals surface area (Å²) in [6, 6.07) is 14.8. The number of carbonyl (C=O) groups excluding carboxylic acids is 3. The first-order valence-corrected chi connectivity index (χ1v) is 13.0. The van der Waals surface area contributed by atoms with E-state index in [1.54, 1.807) is 24.3 Å². The van der Waals surface area contributed by atoms with Crippen molar-refractivity contribution in [3.63, 3.8) is 0 Å². The van der Waals surface area contributed by atoms with Crippen LogP contribution in [0.15, 0.2) is 48.5 Å². The van der Waals surface area contributed by atoms with Gasteiger partial charge in [0.05, 0.1) is 12.0 Å². The molecule has 3 unspecified atom stereocenters. The summed E-state index contributed by atoms with van der Waals surface area (Å²) in [5.41, 5.74) is 3.46. The van der Waals surface area contributed by atoms with Crippen LogP contribution in [0.25, 0.3) is 0 Å². The maximum atomic E-state index is 13.5. The second-order valence-corrected chi connectivity index (χ2v) is 9.90. The Hall–Kier alpha value is -3.39. The van der Waals surface area contributed by atoms with Crippen molar-refractivity contribution in [1.82, 2.24) is 5.32 Å². The van der Waals surface area contributed by atoms with Crippen molar-refractivity contribution in [2.24, 2.45) is 11.8 Å². The third-order valence-corrected chi connectivity index (χ3v) is 7.50. The van der Waals surface area contributed by atoms with Crippen molar-refractivity contribution in [3.05, 3.63) is 54.1 Å². The van der Waals surface area contributed by atoms with Gasteiger partial charge in [0.25, 0.3) is 0 Å². The SMILES string of the molecule is O=C(NCC1CCCO1)Nc1ccc(NC(=O)C2CCCCC2C(=O)N2CCc3ccccc32)cc1. The molecule has 3 N–H and O–H groups in total. The van der Waals surface area contributed by atoms with Gasteiger partial charge in [0.1, 0.15) is 0 Å². The fraction of sp³-hybridized carbons (Fsp3) is 0.464. The summed E-state index contributed by atoms with van der Waals surface area (Å²) in [5.74, 6) is -0.706. The molecule has 4 amide bonds. The second kappa shape index (κ2) is 11.1. The maximum Gasteiger partial charge on any atom is 0.319 e. The lowest BCUT2D eigenvalue weighted by atomic mass is 9.77. The van der Waals surface area contributed by atoms with Crippen molar-refractivity contribution in [2.75, 3.05) is 35.2 Å². The van der Waals surface area contributed by atoms with Crippen LogP contribution in [0.5, 0.6) is 0 Å². The van der Waals surface area contributed by atoms with E-state index >= 15 is 0 Å². The molecule has 2 fully saturated rings. The van der Waals surface area contributed by atoms with Gasteiger partial charge >= 0.3 is 6.03 Å². The summed E-state index contributed by atoms with van der Waals surface area (Å²) in [7, 11) is 0. The molecule has 8 heteroatoms. The number of benzene rings is 2. The third-order valence-electron chi connectivity index (χ3n) is 7.50. The zero-order chi connectivity index (χ0) is 24.9. The van der Waals surface area contributed by atoms with Gasteiger partial charge in [-0.05, 0) is 68.0 Å². The molecule has 3 aliphatic rings. The molecule has 0 radical (unpaired) electrons. The highest BCUT2D eigenvalue weighted by molar-refractivity contribution is 6.02. The number of carbonyl (C=O) groups is 3. The Morgan fingerprint density at radius 3 is 2.33 bits per heavy atom. The summed E-state index contributed by atoms with van der Waals surface area (Å²) in [6.07, 6.45) is 6.30. The maximum absolute atomic E-state index is 13.5. The predicted molar refractivity (Wildman–Crippen MR) is 139 cm³/mol. The second-order valence-electron chi connectivity index (χ2n) is 9.90. The van der Waals surface area contributed by atoms with Crippen molar-refractivity contribution >= 4 is 34.9 Å². The average molecular weight is 491 g/mol. The predicted octanol–water partition coefficient (Wildman–Crippen LogP) is 4.32. The summed E-state index contributed by atoms with van der Waals surface area (Å²) in [4.78, 5) is 40.8. The molecule has 8 nitrogen and oxygen atoms in total. The minimum Gasteiger partial charge on any atom is -0.376 e. The largest absolute Gasteiger partial charge is 0.376 e. The van der Waals surface area contributed by atoms with Crippen LogP contribution in [-0.4, -0.2) is 43.6 Å². The van der Waals surface area contributed by atoms with Crippen LogP contribution in [0.4, 0.5) is 21.9 Å². The van der Waals surface area contributed by atoms with Crippen molar-refractivity contribution in [1.29, 1.82) is 0 Å². The number of para-hydroxylation sites is 1. The van der Waals surface area contributed by atoms with E-state index < -0.39 is 0 Å². The summed E-state index contributed by atoms with van der Waals surface area (Å²) < 4.78 is 5.52. The first-order chi connectivity index (χ1) is 17.6. The molecule has 0 spiro atoms. The summed E-state index contributed by atoms with van der Waals surface area (Å²) in [6.45, 7) is 1.92. The standard InChI is InChI=1S/C28H34N4O4/c33-26(30-20-11-13-21(14-12-20)31-28(35)29-18-22-7-5-17-36-22)23-8-2-3-9-24(23)27(34)32-16-15-19-6-1-4-10-25(19)32/h1,4,6,10-14,22-24H,2-3,5,7-9,15-18H2,(H,30,33)(H2,29,31,35). The van der Waals surface area contributed by atoms with Crippen LogP contribution in [0, 0.1) is 11.8 Å². The number of hydrogen-bond acceptors (Lipinski definition) is 4. The lowest BCUT2D eigenvalue weighted by Gasteiger charge is -2.32. The number of hydrogen-bond donors (Lipinski definition) is 3. The Kier molecular flexibility index (Phi) is 7.51. The molecule has 190 valence electrons. The number of nitrogens with one attached hydrogen (secondary N) is 3. The minimum atomic E-state index is -0.347. The third kappa shape index (κ3) is 5.54. The normalized spacial score (nSPS) is 23.1. The van der Waals surface area contributed by atoms with E-state index in [-0.39, 0.29) is 35.8 Å². The number of ether oxygens (including phenoxy) is 1. The van der Waals surface area contributed by atoms with Crippen molar-refractivity contribution < 1.29 is 19.1 Å². The van der Waals surface area contributed by atoms with Gasteiger partial charge in [0.15, 0.2) is 0 Å². The van der Waals surface area contributed by atoms with Gasteiger partial charge in [-0.1, -0.05) is 31.0 Å². The Labute approximate surface area is 211 Å². The Morgan fingerprint density at radius 1 is 0.861 bits per heavy atom. The Bertz CT molecular complexity index is 1100. The zero-order valence-electron chi connectivity index (χ0n) is 20.5. The van der Waals surface area contributed by atoms with E-state index in [1.807, 2.05) is 23.1 Å². The lowest BCUT2D eigenvalue weighted by molar-refractivity contribution is -0.132. The molecule has 2 aliphatic heterocycles. The molecule has 0 bridgehead atoms. The highest BCUT2D eigenvalue weighted by Crippen LogP contribution is 2.36. The molecule has 2 aromatic rings. The Balaban J connectivity index is 1.17. The van der Waals surface area contributed by atoms with Crippen LogP contribution < -0.4 is 20.9 Å². The van der Waals surface area contributed by atoms with Crippen LogP contribution >= 0.6 is 0 Å². The van der Waals surface area contributed by atoms with Crippen molar-refractivity contribution in [2.45, 2.75) is 51.0 Å². The van der Waals surface area contributed by atoms with E-state index in [9.17, 15) is 14.4 Å². The minimum absolute atomic E-state index is 0.0633. The fourth-order valence-electron chi connectivity index (χ4n) is 5.57. The fourth-order valence-corrected chi connectivity index (χ4v) is 5.57. The number of amides is 4. The molecule has 0 aromatic heterocycles. The van der Waals surface area contributed by atoms with Crippen LogP contribution in [0.1, 0.15) is 44.1 Å². The van der Waals surface area contributed by atoms with Gasteiger partial charge < -0.3 is 25.6 Å². The zero-order valence-corrected chi connectivity index (χ0v) is 20.5. The van der Waals surface area contributed by atoms with E-state index in [1.165, 1.54) is 5.56 Å². The average Bonchev–Trinajstić information content (AvgIpc) is 3.58. The molecule has 36 heavy (non-hydrogen) atoms. The molecule has 3 atom stereocenters. The smallest absolute Gasteiger partial charge is 0.319 e. The first-order valence-electron chi connectivity index (χ1n) is 13.0. The topological polar surface area (TPSA) is 99.8 Å². The summed E-state index contributed by atoms with van der Waals surface area (Å²) >= 11 is 0. The van der Waals surface area contributed by atoms with E-state index in [2.05, 4.69) is 22.0 Å². The monoisotopic (exact) mass is 490 g/mol. The first kappa shape index (κ1) is 24.3. The number of fused-ring (bicyclic) bond motifs is 1. The molecule has 1 aliphatic carbocycles. The molecule has 5 rings (SSSR count). The van der Waals surface area contributed by atoms with Gasteiger partial charge in [-0.15, -0.1) is 0 Å². The van der Waals surface area contributed by atoms with Crippen molar-refractivity contribution in [3.8, 4) is 0 Å². The molecular formula is C28H34N4O4. The Morgan fingerprint density at radius 2 is 1.58 bits per heavy atom. The number of nitrogens with zero attached hydrogens (tertiary/aromatic N) is 1. The molecule has 2 aromatic carbocycles.